The van der Waals surface area contributed by atoms with Crippen LogP contribution in [0.2, 0.25) is 0 Å². The number of amides is 1. The minimum Gasteiger partial charge on any atom is -0.355 e. The molecule has 0 radical (unpaired) electrons. The third-order valence-corrected chi connectivity index (χ3v) is 4.11. The van der Waals surface area contributed by atoms with Crippen LogP contribution in [0.1, 0.15) is 26.7 Å². The summed E-state index contributed by atoms with van der Waals surface area (Å²) in [5.41, 5.74) is 7.14. The van der Waals surface area contributed by atoms with Gasteiger partial charge in [0.15, 0.2) is 0 Å². The second-order valence-electron chi connectivity index (χ2n) is 5.62. The zero-order chi connectivity index (χ0) is 15.2. The monoisotopic (exact) mass is 287 g/mol. The van der Waals surface area contributed by atoms with Crippen molar-refractivity contribution in [3.05, 3.63) is 36.5 Å². The van der Waals surface area contributed by atoms with Crippen LogP contribution in [0.4, 0.5) is 0 Å². The maximum absolute atomic E-state index is 11.9. The number of hydrogen-bond donors (Lipinski definition) is 2. The molecular weight excluding hydrogens is 262 g/mol. The molecule has 2 atom stereocenters. The van der Waals surface area contributed by atoms with Crippen molar-refractivity contribution in [1.82, 2.24) is 9.88 Å². The van der Waals surface area contributed by atoms with E-state index in [1.807, 2.05) is 19.1 Å². The molecule has 4 nitrogen and oxygen atoms in total. The molecular formula is C17H25N3O. The van der Waals surface area contributed by atoms with Crippen molar-refractivity contribution in [2.75, 3.05) is 6.54 Å². The molecule has 1 aromatic heterocycles. The minimum atomic E-state index is -0.401. The molecule has 4 heteroatoms. The molecule has 1 aromatic carbocycles. The molecule has 0 bridgehead atoms. The Morgan fingerprint density at radius 3 is 2.86 bits per heavy atom. The van der Waals surface area contributed by atoms with Crippen LogP contribution in [0.15, 0.2) is 36.5 Å². The lowest BCUT2D eigenvalue weighted by Gasteiger charge is -2.17. The van der Waals surface area contributed by atoms with Gasteiger partial charge in [-0.15, -0.1) is 0 Å². The molecule has 0 aliphatic rings. The van der Waals surface area contributed by atoms with E-state index in [1.54, 1.807) is 0 Å². The largest absolute Gasteiger partial charge is 0.355 e. The maximum atomic E-state index is 11.9. The summed E-state index contributed by atoms with van der Waals surface area (Å²) in [4.78, 5) is 11.9. The molecule has 1 heterocycles. The third-order valence-electron chi connectivity index (χ3n) is 4.11. The number of benzene rings is 1. The van der Waals surface area contributed by atoms with Crippen LogP contribution in [0.25, 0.3) is 10.9 Å². The van der Waals surface area contributed by atoms with E-state index in [1.165, 1.54) is 10.9 Å². The normalized spacial score (nSPS) is 14.0. The SMILES string of the molecule is CCC(C)C(N)C(=O)NCCCn1ccc2ccccc21. The van der Waals surface area contributed by atoms with E-state index < -0.39 is 6.04 Å². The Balaban J connectivity index is 1.78. The molecule has 21 heavy (non-hydrogen) atoms. The Labute approximate surface area is 126 Å². The zero-order valence-corrected chi connectivity index (χ0v) is 12.9. The van der Waals surface area contributed by atoms with Crippen molar-refractivity contribution in [2.45, 2.75) is 39.3 Å². The summed E-state index contributed by atoms with van der Waals surface area (Å²) in [7, 11) is 0. The van der Waals surface area contributed by atoms with Gasteiger partial charge in [-0.2, -0.15) is 0 Å². The summed E-state index contributed by atoms with van der Waals surface area (Å²) in [5.74, 6) is 0.181. The number of nitrogens with two attached hydrogens (primary N) is 1. The summed E-state index contributed by atoms with van der Waals surface area (Å²) >= 11 is 0. The van der Waals surface area contributed by atoms with Crippen molar-refractivity contribution in [2.24, 2.45) is 11.7 Å². The number of aryl methyl sites for hydroxylation is 1. The number of nitrogens with one attached hydrogen (secondary N) is 1. The Morgan fingerprint density at radius 2 is 2.10 bits per heavy atom. The Hall–Kier alpha value is -1.81. The smallest absolute Gasteiger partial charge is 0.237 e. The molecule has 0 saturated heterocycles. The molecule has 2 unspecified atom stereocenters. The minimum absolute atomic E-state index is 0.0401. The van der Waals surface area contributed by atoms with Gasteiger partial charge in [-0.05, 0) is 29.9 Å². The zero-order valence-electron chi connectivity index (χ0n) is 12.9. The molecule has 1 amide bonds. The highest BCUT2D eigenvalue weighted by Gasteiger charge is 2.18. The first-order valence-corrected chi connectivity index (χ1v) is 7.70. The van der Waals surface area contributed by atoms with Gasteiger partial charge in [0, 0.05) is 24.8 Å². The van der Waals surface area contributed by atoms with Crippen molar-refractivity contribution in [3.63, 3.8) is 0 Å². The van der Waals surface area contributed by atoms with Gasteiger partial charge in [0.05, 0.1) is 6.04 Å². The second kappa shape index (κ2) is 7.27. The number of nitrogens with zero attached hydrogens (tertiary/aromatic N) is 1. The fourth-order valence-electron chi connectivity index (χ4n) is 2.43. The first kappa shape index (κ1) is 15.6. The van der Waals surface area contributed by atoms with Crippen LogP contribution in [0.3, 0.4) is 0 Å². The lowest BCUT2D eigenvalue weighted by Crippen LogP contribution is -2.44. The van der Waals surface area contributed by atoms with Crippen molar-refractivity contribution < 1.29 is 4.79 Å². The predicted octanol–water partition coefficient (Wildman–Crippen LogP) is 2.52. The quantitative estimate of drug-likeness (QED) is 0.769. The lowest BCUT2D eigenvalue weighted by molar-refractivity contribution is -0.123. The number of hydrogen-bond acceptors (Lipinski definition) is 2. The fraction of sp³-hybridized carbons (Fsp3) is 0.471. The number of carbonyl (C=O) groups is 1. The summed E-state index contributed by atoms with van der Waals surface area (Å²) in [6, 6.07) is 10.0. The van der Waals surface area contributed by atoms with Gasteiger partial charge in [-0.25, -0.2) is 0 Å². The molecule has 0 fully saturated rings. The molecule has 0 saturated carbocycles. The van der Waals surface area contributed by atoms with E-state index in [0.29, 0.717) is 6.54 Å². The molecule has 2 aromatic rings. The van der Waals surface area contributed by atoms with Crippen molar-refractivity contribution in [3.8, 4) is 0 Å². The Bertz CT molecular complexity index is 590. The van der Waals surface area contributed by atoms with Crippen LogP contribution >= 0.6 is 0 Å². The van der Waals surface area contributed by atoms with Crippen molar-refractivity contribution in [1.29, 1.82) is 0 Å². The number of rotatable bonds is 7. The van der Waals surface area contributed by atoms with Crippen LogP contribution in [0, 0.1) is 5.92 Å². The van der Waals surface area contributed by atoms with Crippen LogP contribution in [-0.4, -0.2) is 23.1 Å². The Kier molecular flexibility index (Phi) is 5.39. The summed E-state index contributed by atoms with van der Waals surface area (Å²) in [5, 5.41) is 4.18. The van der Waals surface area contributed by atoms with Gasteiger partial charge < -0.3 is 15.6 Å². The Morgan fingerprint density at radius 1 is 1.33 bits per heavy atom. The predicted molar refractivity (Wildman–Crippen MR) is 87.0 cm³/mol. The van der Waals surface area contributed by atoms with Gasteiger partial charge in [0.2, 0.25) is 5.91 Å². The van der Waals surface area contributed by atoms with Gasteiger partial charge in [-0.3, -0.25) is 4.79 Å². The van der Waals surface area contributed by atoms with E-state index in [2.05, 4.69) is 41.2 Å². The fourth-order valence-corrected chi connectivity index (χ4v) is 2.43. The van der Waals surface area contributed by atoms with E-state index in [9.17, 15) is 4.79 Å². The summed E-state index contributed by atoms with van der Waals surface area (Å²) < 4.78 is 2.22. The van der Waals surface area contributed by atoms with Gasteiger partial charge in [0.25, 0.3) is 0 Å². The molecule has 0 spiro atoms. The van der Waals surface area contributed by atoms with Crippen LogP contribution < -0.4 is 11.1 Å². The first-order chi connectivity index (χ1) is 10.1. The van der Waals surface area contributed by atoms with E-state index >= 15 is 0 Å². The topological polar surface area (TPSA) is 60.1 Å². The average Bonchev–Trinajstić information content (AvgIpc) is 2.93. The number of fused-ring (bicyclic) bond motifs is 1. The van der Waals surface area contributed by atoms with Crippen molar-refractivity contribution >= 4 is 16.8 Å². The standard InChI is InChI=1S/C17H25N3O/c1-3-13(2)16(18)17(21)19-10-6-11-20-12-9-14-7-4-5-8-15(14)20/h4-5,7-9,12-13,16H,3,6,10-11,18H2,1-2H3,(H,19,21). The molecule has 0 aliphatic heterocycles. The number of aromatic nitrogens is 1. The second-order valence-corrected chi connectivity index (χ2v) is 5.62. The summed E-state index contributed by atoms with van der Waals surface area (Å²) in [6.07, 6.45) is 3.92. The van der Waals surface area contributed by atoms with Gasteiger partial charge in [0.1, 0.15) is 0 Å². The van der Waals surface area contributed by atoms with Crippen LogP contribution in [-0.2, 0) is 11.3 Å². The highest BCUT2D eigenvalue weighted by Crippen LogP contribution is 2.15. The van der Waals surface area contributed by atoms with Crippen LogP contribution in [0.5, 0.6) is 0 Å². The molecule has 2 rings (SSSR count). The van der Waals surface area contributed by atoms with E-state index in [4.69, 9.17) is 5.73 Å². The first-order valence-electron chi connectivity index (χ1n) is 7.70. The summed E-state index contributed by atoms with van der Waals surface area (Å²) in [6.45, 7) is 5.62. The number of carbonyl (C=O) groups excluding carboxylic acids is 1. The highest BCUT2D eigenvalue weighted by atomic mass is 16.2. The third kappa shape index (κ3) is 3.85. The average molecular weight is 287 g/mol. The molecule has 0 aliphatic carbocycles. The number of para-hydroxylation sites is 1. The maximum Gasteiger partial charge on any atom is 0.237 e. The van der Waals surface area contributed by atoms with E-state index in [-0.39, 0.29) is 11.8 Å². The lowest BCUT2D eigenvalue weighted by atomic mass is 9.99. The van der Waals surface area contributed by atoms with E-state index in [0.717, 1.165) is 19.4 Å². The molecule has 3 N–H and O–H groups in total. The highest BCUT2D eigenvalue weighted by molar-refractivity contribution is 5.81. The molecule has 114 valence electrons. The van der Waals surface area contributed by atoms with Gasteiger partial charge in [-0.1, -0.05) is 38.5 Å². The van der Waals surface area contributed by atoms with Gasteiger partial charge >= 0.3 is 0 Å².